The first-order valence-corrected chi connectivity index (χ1v) is 6.93. The molecule has 19 heavy (non-hydrogen) atoms. The Labute approximate surface area is 113 Å². The Morgan fingerprint density at radius 1 is 1.37 bits per heavy atom. The third-order valence-corrected chi connectivity index (χ3v) is 3.75. The zero-order valence-electron chi connectivity index (χ0n) is 11.4. The standard InChI is InChI=1S/C13H22N2O4/c1-18-13(17)15-6-2-4-10(9-15)12(16)14-8-11-5-3-7-19-11/h10-11H,2-9H2,1H3,(H,14,16). The van der Waals surface area contributed by atoms with Crippen LogP contribution in [0.1, 0.15) is 25.7 Å². The smallest absolute Gasteiger partial charge is 0.409 e. The van der Waals surface area contributed by atoms with Gasteiger partial charge in [0, 0.05) is 26.2 Å². The van der Waals surface area contributed by atoms with Gasteiger partial charge in [0.15, 0.2) is 0 Å². The fourth-order valence-electron chi connectivity index (χ4n) is 2.65. The minimum Gasteiger partial charge on any atom is -0.453 e. The molecule has 0 aromatic carbocycles. The van der Waals surface area contributed by atoms with Crippen LogP contribution < -0.4 is 5.32 Å². The fourth-order valence-corrected chi connectivity index (χ4v) is 2.65. The summed E-state index contributed by atoms with van der Waals surface area (Å²) in [6.07, 6.45) is 3.55. The molecule has 2 rings (SSSR count). The Kier molecular flexibility index (Phi) is 5.01. The molecule has 2 heterocycles. The maximum absolute atomic E-state index is 12.1. The van der Waals surface area contributed by atoms with Crippen LogP contribution in [0, 0.1) is 5.92 Å². The van der Waals surface area contributed by atoms with Crippen LogP contribution >= 0.6 is 0 Å². The van der Waals surface area contributed by atoms with Gasteiger partial charge in [-0.15, -0.1) is 0 Å². The van der Waals surface area contributed by atoms with E-state index in [2.05, 4.69) is 5.32 Å². The number of hydrogen-bond donors (Lipinski definition) is 1. The Hall–Kier alpha value is -1.30. The van der Waals surface area contributed by atoms with Crippen LogP contribution in [-0.4, -0.2) is 56.4 Å². The number of carbonyl (C=O) groups excluding carboxylic acids is 2. The van der Waals surface area contributed by atoms with Crippen LogP contribution in [0.4, 0.5) is 4.79 Å². The maximum atomic E-state index is 12.1. The number of piperidine rings is 1. The summed E-state index contributed by atoms with van der Waals surface area (Å²) >= 11 is 0. The van der Waals surface area contributed by atoms with E-state index in [1.165, 1.54) is 7.11 Å². The highest BCUT2D eigenvalue weighted by atomic mass is 16.5. The Morgan fingerprint density at radius 3 is 2.89 bits per heavy atom. The average Bonchev–Trinajstić information content (AvgIpc) is 2.97. The molecule has 2 aliphatic heterocycles. The van der Waals surface area contributed by atoms with Crippen LogP contribution in [0.5, 0.6) is 0 Å². The molecule has 2 saturated heterocycles. The van der Waals surface area contributed by atoms with E-state index in [1.807, 2.05) is 0 Å². The van der Waals surface area contributed by atoms with Crippen LogP contribution in [0.2, 0.25) is 0 Å². The second-order valence-electron chi connectivity index (χ2n) is 5.14. The van der Waals surface area contributed by atoms with Gasteiger partial charge >= 0.3 is 6.09 Å². The number of ether oxygens (including phenoxy) is 2. The number of nitrogens with one attached hydrogen (secondary N) is 1. The molecule has 0 aliphatic carbocycles. The van der Waals surface area contributed by atoms with Crippen molar-refractivity contribution in [2.75, 3.05) is 33.4 Å². The lowest BCUT2D eigenvalue weighted by molar-refractivity contribution is -0.126. The second kappa shape index (κ2) is 6.75. The number of likely N-dealkylation sites (tertiary alicyclic amines) is 1. The lowest BCUT2D eigenvalue weighted by Crippen LogP contribution is -2.46. The zero-order chi connectivity index (χ0) is 13.7. The number of rotatable bonds is 3. The van der Waals surface area contributed by atoms with Crippen LogP contribution in [0.15, 0.2) is 0 Å². The van der Waals surface area contributed by atoms with Gasteiger partial charge in [0.05, 0.1) is 19.1 Å². The molecule has 2 unspecified atom stereocenters. The third-order valence-electron chi connectivity index (χ3n) is 3.75. The van der Waals surface area contributed by atoms with Gasteiger partial charge in [-0.1, -0.05) is 0 Å². The maximum Gasteiger partial charge on any atom is 0.409 e. The molecule has 0 aromatic heterocycles. The monoisotopic (exact) mass is 270 g/mol. The molecule has 2 aliphatic rings. The highest BCUT2D eigenvalue weighted by Gasteiger charge is 2.29. The normalized spacial score (nSPS) is 27.1. The van der Waals surface area contributed by atoms with Crippen molar-refractivity contribution in [2.24, 2.45) is 5.92 Å². The van der Waals surface area contributed by atoms with E-state index in [0.717, 1.165) is 32.3 Å². The summed E-state index contributed by atoms with van der Waals surface area (Å²) < 4.78 is 10.2. The zero-order valence-corrected chi connectivity index (χ0v) is 11.4. The van der Waals surface area contributed by atoms with E-state index in [0.29, 0.717) is 19.6 Å². The molecule has 2 fully saturated rings. The quantitative estimate of drug-likeness (QED) is 0.822. The first-order valence-electron chi connectivity index (χ1n) is 6.93. The number of amides is 2. The summed E-state index contributed by atoms with van der Waals surface area (Å²) in [4.78, 5) is 25.1. The number of nitrogens with zero attached hydrogens (tertiary/aromatic N) is 1. The van der Waals surface area contributed by atoms with Crippen molar-refractivity contribution in [3.05, 3.63) is 0 Å². The van der Waals surface area contributed by atoms with Crippen molar-refractivity contribution < 1.29 is 19.1 Å². The van der Waals surface area contributed by atoms with Gasteiger partial charge in [-0.25, -0.2) is 4.79 Å². The minimum atomic E-state index is -0.350. The summed E-state index contributed by atoms with van der Waals surface area (Å²) in [6, 6.07) is 0. The summed E-state index contributed by atoms with van der Waals surface area (Å²) in [5, 5.41) is 2.93. The van der Waals surface area contributed by atoms with E-state index in [4.69, 9.17) is 9.47 Å². The average molecular weight is 270 g/mol. The van der Waals surface area contributed by atoms with Crippen LogP contribution in [0.25, 0.3) is 0 Å². The molecule has 6 heteroatoms. The summed E-state index contributed by atoms with van der Waals surface area (Å²) in [7, 11) is 1.36. The van der Waals surface area contributed by atoms with Gasteiger partial charge < -0.3 is 19.7 Å². The molecule has 0 aromatic rings. The minimum absolute atomic E-state index is 0.0177. The largest absolute Gasteiger partial charge is 0.453 e. The summed E-state index contributed by atoms with van der Waals surface area (Å²) in [6.45, 7) is 2.49. The van der Waals surface area contributed by atoms with Gasteiger partial charge in [-0.2, -0.15) is 0 Å². The highest BCUT2D eigenvalue weighted by Crippen LogP contribution is 2.17. The van der Waals surface area contributed by atoms with Gasteiger partial charge in [-0.05, 0) is 25.7 Å². The Bertz CT molecular complexity index is 329. The number of carbonyl (C=O) groups is 2. The predicted molar refractivity (Wildman–Crippen MR) is 68.7 cm³/mol. The predicted octanol–water partition coefficient (Wildman–Crippen LogP) is 0.760. The molecule has 2 atom stereocenters. The molecule has 0 bridgehead atoms. The first kappa shape index (κ1) is 14.1. The van der Waals surface area contributed by atoms with E-state index in [9.17, 15) is 9.59 Å². The molecular weight excluding hydrogens is 248 g/mol. The van der Waals surface area contributed by atoms with E-state index in [1.54, 1.807) is 4.90 Å². The summed E-state index contributed by atoms with van der Waals surface area (Å²) in [5.74, 6) is -0.113. The Balaban J connectivity index is 1.76. The lowest BCUT2D eigenvalue weighted by Gasteiger charge is -2.31. The van der Waals surface area contributed by atoms with Crippen molar-refractivity contribution in [1.82, 2.24) is 10.2 Å². The van der Waals surface area contributed by atoms with Crippen molar-refractivity contribution in [3.63, 3.8) is 0 Å². The van der Waals surface area contributed by atoms with Crippen molar-refractivity contribution >= 4 is 12.0 Å². The molecule has 0 radical (unpaired) electrons. The van der Waals surface area contributed by atoms with Crippen LogP contribution in [0.3, 0.4) is 0 Å². The molecule has 108 valence electrons. The topological polar surface area (TPSA) is 67.9 Å². The van der Waals surface area contributed by atoms with Crippen molar-refractivity contribution in [1.29, 1.82) is 0 Å². The highest BCUT2D eigenvalue weighted by molar-refractivity contribution is 5.80. The van der Waals surface area contributed by atoms with E-state index < -0.39 is 0 Å². The van der Waals surface area contributed by atoms with Gasteiger partial charge in [0.25, 0.3) is 0 Å². The molecule has 1 N–H and O–H groups in total. The fraction of sp³-hybridized carbons (Fsp3) is 0.846. The molecule has 0 saturated carbocycles. The SMILES string of the molecule is COC(=O)N1CCCC(C(=O)NCC2CCCO2)C1. The first-order chi connectivity index (χ1) is 9.20. The lowest BCUT2D eigenvalue weighted by atomic mass is 9.97. The van der Waals surface area contributed by atoms with Crippen molar-refractivity contribution in [2.45, 2.75) is 31.8 Å². The molecule has 0 spiro atoms. The van der Waals surface area contributed by atoms with Crippen molar-refractivity contribution in [3.8, 4) is 0 Å². The Morgan fingerprint density at radius 2 is 2.21 bits per heavy atom. The summed E-state index contributed by atoms with van der Waals surface area (Å²) in [5.41, 5.74) is 0. The second-order valence-corrected chi connectivity index (χ2v) is 5.14. The number of hydrogen-bond acceptors (Lipinski definition) is 4. The third kappa shape index (κ3) is 3.83. The van der Waals surface area contributed by atoms with Gasteiger partial charge in [-0.3, -0.25) is 4.79 Å². The van der Waals surface area contributed by atoms with E-state index >= 15 is 0 Å². The molecule has 6 nitrogen and oxygen atoms in total. The van der Waals surface area contributed by atoms with Gasteiger partial charge in [0.1, 0.15) is 0 Å². The van der Waals surface area contributed by atoms with E-state index in [-0.39, 0.29) is 24.0 Å². The number of methoxy groups -OCH3 is 1. The van der Waals surface area contributed by atoms with Crippen LogP contribution in [-0.2, 0) is 14.3 Å². The molecular formula is C13H22N2O4. The molecule has 2 amide bonds. The van der Waals surface area contributed by atoms with Gasteiger partial charge in [0.2, 0.25) is 5.91 Å².